The summed E-state index contributed by atoms with van der Waals surface area (Å²) >= 11 is 0. The Labute approximate surface area is 94.8 Å². The van der Waals surface area contributed by atoms with E-state index in [1.165, 1.54) is 0 Å². The highest BCUT2D eigenvalue weighted by Gasteiger charge is 2.08. The van der Waals surface area contributed by atoms with Crippen LogP contribution in [-0.4, -0.2) is 33.8 Å². The number of hydrogen-bond acceptors (Lipinski definition) is 4. The van der Waals surface area contributed by atoms with Crippen LogP contribution >= 0.6 is 0 Å². The van der Waals surface area contributed by atoms with Crippen LogP contribution in [0, 0.1) is 6.92 Å². The van der Waals surface area contributed by atoms with Crippen molar-refractivity contribution in [3.8, 4) is 11.3 Å². The van der Waals surface area contributed by atoms with Gasteiger partial charge >= 0.3 is 0 Å². The molecule has 2 aromatic rings. The van der Waals surface area contributed by atoms with Crippen molar-refractivity contribution in [3.05, 3.63) is 24.2 Å². The normalized spacial score (nSPS) is 10.5. The Hall–Kier alpha value is -1.91. The number of rotatable bonds is 2. The third kappa shape index (κ3) is 1.88. The summed E-state index contributed by atoms with van der Waals surface area (Å²) in [5.41, 5.74) is 2.83. The Kier molecular flexibility index (Phi) is 2.60. The summed E-state index contributed by atoms with van der Waals surface area (Å²) in [6.07, 6.45) is 3.73. The molecule has 0 saturated heterocycles. The van der Waals surface area contributed by atoms with Gasteiger partial charge in [-0.2, -0.15) is 5.10 Å². The highest BCUT2D eigenvalue weighted by molar-refractivity contribution is 5.60. The van der Waals surface area contributed by atoms with Crippen LogP contribution < -0.4 is 4.90 Å². The Morgan fingerprint density at radius 1 is 1.31 bits per heavy atom. The minimum absolute atomic E-state index is 0.720. The van der Waals surface area contributed by atoms with Crippen LogP contribution in [0.15, 0.2) is 18.5 Å². The Balaban J connectivity index is 2.44. The van der Waals surface area contributed by atoms with E-state index in [1.807, 2.05) is 51.4 Å². The van der Waals surface area contributed by atoms with Crippen LogP contribution in [0.1, 0.15) is 5.69 Å². The van der Waals surface area contributed by atoms with Gasteiger partial charge in [0, 0.05) is 39.1 Å². The van der Waals surface area contributed by atoms with Crippen LogP contribution in [0.5, 0.6) is 0 Å². The van der Waals surface area contributed by atoms with Gasteiger partial charge in [0.05, 0.1) is 11.4 Å². The highest BCUT2D eigenvalue weighted by atomic mass is 15.3. The molecule has 0 aliphatic carbocycles. The van der Waals surface area contributed by atoms with E-state index >= 15 is 0 Å². The van der Waals surface area contributed by atoms with Crippen molar-refractivity contribution in [3.63, 3.8) is 0 Å². The largest absolute Gasteiger partial charge is 0.347 e. The van der Waals surface area contributed by atoms with Crippen molar-refractivity contribution >= 4 is 5.95 Å². The SMILES string of the molecule is Cc1nc(N(C)C)ncc1-c1ccn(C)n1. The molecule has 0 fully saturated rings. The molecule has 0 bridgehead atoms. The monoisotopic (exact) mass is 217 g/mol. The molecule has 0 spiro atoms. The maximum absolute atomic E-state index is 4.42. The van der Waals surface area contributed by atoms with E-state index in [0.717, 1.165) is 22.9 Å². The number of nitrogens with zero attached hydrogens (tertiary/aromatic N) is 5. The zero-order chi connectivity index (χ0) is 11.7. The zero-order valence-electron chi connectivity index (χ0n) is 9.97. The number of aryl methyl sites for hydroxylation is 2. The minimum Gasteiger partial charge on any atom is -0.347 e. The quantitative estimate of drug-likeness (QED) is 0.759. The molecule has 0 atom stereocenters. The fourth-order valence-electron chi connectivity index (χ4n) is 1.48. The summed E-state index contributed by atoms with van der Waals surface area (Å²) in [5.74, 6) is 0.720. The van der Waals surface area contributed by atoms with Crippen molar-refractivity contribution < 1.29 is 0 Å². The second kappa shape index (κ2) is 3.92. The van der Waals surface area contributed by atoms with Crippen molar-refractivity contribution in [2.75, 3.05) is 19.0 Å². The number of aromatic nitrogens is 4. The fourth-order valence-corrected chi connectivity index (χ4v) is 1.48. The van der Waals surface area contributed by atoms with Gasteiger partial charge in [-0.1, -0.05) is 0 Å². The van der Waals surface area contributed by atoms with E-state index in [9.17, 15) is 0 Å². The molecule has 0 unspecified atom stereocenters. The molecule has 5 nitrogen and oxygen atoms in total. The minimum atomic E-state index is 0.720. The molecule has 0 aliphatic heterocycles. The van der Waals surface area contributed by atoms with Crippen molar-refractivity contribution in [1.29, 1.82) is 0 Å². The first-order valence-corrected chi connectivity index (χ1v) is 5.09. The van der Waals surface area contributed by atoms with Crippen LogP contribution in [0.2, 0.25) is 0 Å². The van der Waals surface area contributed by atoms with Crippen molar-refractivity contribution in [2.45, 2.75) is 6.92 Å². The molecule has 2 aromatic heterocycles. The van der Waals surface area contributed by atoms with Gasteiger partial charge in [0.2, 0.25) is 5.95 Å². The van der Waals surface area contributed by atoms with Gasteiger partial charge in [-0.15, -0.1) is 0 Å². The molecule has 0 aromatic carbocycles. The third-order valence-corrected chi connectivity index (χ3v) is 2.36. The second-order valence-corrected chi connectivity index (χ2v) is 3.94. The summed E-state index contributed by atoms with van der Waals surface area (Å²) in [7, 11) is 5.75. The molecule has 0 N–H and O–H groups in total. The predicted molar refractivity (Wildman–Crippen MR) is 63.3 cm³/mol. The first kappa shape index (κ1) is 10.6. The maximum atomic E-state index is 4.42. The van der Waals surface area contributed by atoms with Crippen LogP contribution in [0.3, 0.4) is 0 Å². The zero-order valence-corrected chi connectivity index (χ0v) is 9.97. The highest BCUT2D eigenvalue weighted by Crippen LogP contribution is 2.20. The Bertz CT molecular complexity index is 501. The summed E-state index contributed by atoms with van der Waals surface area (Å²) in [5, 5.41) is 4.34. The first-order chi connectivity index (χ1) is 7.58. The van der Waals surface area contributed by atoms with E-state index in [-0.39, 0.29) is 0 Å². The van der Waals surface area contributed by atoms with Gasteiger partial charge in [-0.25, -0.2) is 9.97 Å². The Morgan fingerprint density at radius 3 is 2.56 bits per heavy atom. The fraction of sp³-hybridized carbons (Fsp3) is 0.364. The summed E-state index contributed by atoms with van der Waals surface area (Å²) in [4.78, 5) is 10.6. The molecule has 16 heavy (non-hydrogen) atoms. The summed E-state index contributed by atoms with van der Waals surface area (Å²) in [6.45, 7) is 1.97. The van der Waals surface area contributed by atoms with Gasteiger partial charge in [0.25, 0.3) is 0 Å². The van der Waals surface area contributed by atoms with Crippen LogP contribution in [0.25, 0.3) is 11.3 Å². The lowest BCUT2D eigenvalue weighted by molar-refractivity contribution is 0.770. The van der Waals surface area contributed by atoms with Gasteiger partial charge in [0.15, 0.2) is 0 Å². The van der Waals surface area contributed by atoms with E-state index < -0.39 is 0 Å². The molecule has 84 valence electrons. The lowest BCUT2D eigenvalue weighted by Crippen LogP contribution is -2.13. The topological polar surface area (TPSA) is 46.8 Å². The van der Waals surface area contributed by atoms with E-state index in [2.05, 4.69) is 15.1 Å². The van der Waals surface area contributed by atoms with Crippen LogP contribution in [0.4, 0.5) is 5.95 Å². The maximum Gasteiger partial charge on any atom is 0.225 e. The van der Waals surface area contributed by atoms with E-state index in [0.29, 0.717) is 0 Å². The average molecular weight is 217 g/mol. The molecule has 5 heteroatoms. The second-order valence-electron chi connectivity index (χ2n) is 3.94. The van der Waals surface area contributed by atoms with Gasteiger partial charge < -0.3 is 4.90 Å². The molecule has 2 heterocycles. The molecule has 0 radical (unpaired) electrons. The Morgan fingerprint density at radius 2 is 2.06 bits per heavy atom. The lowest BCUT2D eigenvalue weighted by Gasteiger charge is -2.11. The van der Waals surface area contributed by atoms with Crippen molar-refractivity contribution in [2.24, 2.45) is 7.05 Å². The van der Waals surface area contributed by atoms with Gasteiger partial charge in [0.1, 0.15) is 0 Å². The molecule has 0 saturated carbocycles. The third-order valence-electron chi connectivity index (χ3n) is 2.36. The lowest BCUT2D eigenvalue weighted by atomic mass is 10.2. The smallest absolute Gasteiger partial charge is 0.225 e. The van der Waals surface area contributed by atoms with Crippen LogP contribution in [-0.2, 0) is 7.05 Å². The average Bonchev–Trinajstić information content (AvgIpc) is 2.64. The molecule has 0 amide bonds. The van der Waals surface area contributed by atoms with E-state index in [1.54, 1.807) is 4.68 Å². The number of hydrogen-bond donors (Lipinski definition) is 0. The predicted octanol–water partition coefficient (Wildman–Crippen LogP) is 1.25. The summed E-state index contributed by atoms with van der Waals surface area (Å²) in [6, 6.07) is 1.96. The number of anilines is 1. The van der Waals surface area contributed by atoms with E-state index in [4.69, 9.17) is 0 Å². The summed E-state index contributed by atoms with van der Waals surface area (Å²) < 4.78 is 1.77. The molecular formula is C11H15N5. The van der Waals surface area contributed by atoms with Gasteiger partial charge in [-0.05, 0) is 13.0 Å². The molecule has 0 aliphatic rings. The van der Waals surface area contributed by atoms with Gasteiger partial charge in [-0.3, -0.25) is 4.68 Å². The molecule has 2 rings (SSSR count). The van der Waals surface area contributed by atoms with Crippen molar-refractivity contribution in [1.82, 2.24) is 19.7 Å². The first-order valence-electron chi connectivity index (χ1n) is 5.09. The standard InChI is InChI=1S/C11H15N5/c1-8-9(10-5-6-16(4)14-10)7-12-11(13-8)15(2)3/h5-7H,1-4H3. The molecular weight excluding hydrogens is 202 g/mol.